The first-order valence-electron chi connectivity index (χ1n) is 7.74. The van der Waals surface area contributed by atoms with Crippen molar-refractivity contribution in [3.63, 3.8) is 0 Å². The van der Waals surface area contributed by atoms with Crippen LogP contribution in [0.2, 0.25) is 0 Å². The lowest BCUT2D eigenvalue weighted by molar-refractivity contribution is 0.143. The molecule has 0 saturated carbocycles. The van der Waals surface area contributed by atoms with Gasteiger partial charge in [0.2, 0.25) is 0 Å². The molecular weight excluding hydrogens is 242 g/mol. The summed E-state index contributed by atoms with van der Waals surface area (Å²) in [6, 6.07) is 0.535. The van der Waals surface area contributed by atoms with Crippen LogP contribution in [-0.4, -0.2) is 39.7 Å². The van der Waals surface area contributed by atoms with E-state index in [0.717, 1.165) is 17.9 Å². The van der Waals surface area contributed by atoms with Gasteiger partial charge < -0.3 is 0 Å². The second-order valence-corrected chi connectivity index (χ2v) is 7.55. The third-order valence-corrected chi connectivity index (χ3v) is 5.42. The molecule has 2 nitrogen and oxygen atoms in total. The zero-order chi connectivity index (χ0) is 13.4. The van der Waals surface area contributed by atoms with Crippen molar-refractivity contribution in [1.82, 2.24) is 4.90 Å². The fraction of sp³-hybridized carbons (Fsp3) is 1.00. The molecule has 18 heavy (non-hydrogen) atoms. The van der Waals surface area contributed by atoms with E-state index in [1.165, 1.54) is 45.2 Å². The first-order chi connectivity index (χ1) is 8.65. The van der Waals surface area contributed by atoms with Crippen molar-refractivity contribution in [1.29, 1.82) is 0 Å². The Labute approximate surface area is 116 Å². The summed E-state index contributed by atoms with van der Waals surface area (Å²) in [6.07, 6.45) is 7.60. The molecule has 3 heteroatoms. The molecule has 108 valence electrons. The van der Waals surface area contributed by atoms with E-state index >= 15 is 0 Å². The number of piperidine rings is 1. The second-order valence-electron chi connectivity index (χ2n) is 5.93. The summed E-state index contributed by atoms with van der Waals surface area (Å²) in [5.74, 6) is 2.42. The van der Waals surface area contributed by atoms with E-state index in [0.29, 0.717) is 12.0 Å². The largest absolute Gasteiger partial charge is 0.299 e. The molecule has 2 unspecified atom stereocenters. The Hall–Kier alpha value is 0.110. The van der Waals surface area contributed by atoms with Crippen molar-refractivity contribution >= 4 is 10.8 Å². The van der Waals surface area contributed by atoms with Gasteiger partial charge in [0.1, 0.15) is 0 Å². The lowest BCUT2D eigenvalue weighted by atomic mass is 10.0. The van der Waals surface area contributed by atoms with Gasteiger partial charge in [-0.15, -0.1) is 0 Å². The molecule has 0 aliphatic carbocycles. The summed E-state index contributed by atoms with van der Waals surface area (Å²) >= 11 is 0. The number of rotatable bonds is 8. The summed E-state index contributed by atoms with van der Waals surface area (Å²) in [4.78, 5) is 2.59. The summed E-state index contributed by atoms with van der Waals surface area (Å²) < 4.78 is 12.2. The summed E-state index contributed by atoms with van der Waals surface area (Å²) in [7, 11) is -0.615. The predicted molar refractivity (Wildman–Crippen MR) is 81.5 cm³/mol. The van der Waals surface area contributed by atoms with Crippen LogP contribution in [0.1, 0.15) is 59.3 Å². The third kappa shape index (κ3) is 5.83. The minimum atomic E-state index is -0.615. The van der Waals surface area contributed by atoms with Crippen molar-refractivity contribution in [3.05, 3.63) is 0 Å². The van der Waals surface area contributed by atoms with Crippen molar-refractivity contribution in [2.75, 3.05) is 24.6 Å². The maximum atomic E-state index is 12.2. The van der Waals surface area contributed by atoms with Crippen LogP contribution in [0, 0.1) is 5.92 Å². The molecule has 2 atom stereocenters. The van der Waals surface area contributed by atoms with Crippen LogP contribution < -0.4 is 0 Å². The molecule has 1 aliphatic heterocycles. The number of likely N-dealkylation sites (tertiary alicyclic amines) is 1. The second kappa shape index (κ2) is 9.08. The Morgan fingerprint density at radius 1 is 1.11 bits per heavy atom. The Kier molecular flexibility index (Phi) is 8.16. The fourth-order valence-electron chi connectivity index (χ4n) is 2.76. The standard InChI is InChI=1S/C15H31NOS/c1-4-5-9-12-18(17)13-15(14(2)3)16-10-7-6-8-11-16/h14-15H,4-13H2,1-3H3. The van der Waals surface area contributed by atoms with E-state index in [-0.39, 0.29) is 0 Å². The Morgan fingerprint density at radius 3 is 2.33 bits per heavy atom. The summed E-state index contributed by atoms with van der Waals surface area (Å²) in [6.45, 7) is 9.20. The molecule has 0 aromatic carbocycles. The molecule has 0 amide bonds. The highest BCUT2D eigenvalue weighted by Gasteiger charge is 2.24. The molecule has 1 heterocycles. The van der Waals surface area contributed by atoms with Crippen molar-refractivity contribution in [2.45, 2.75) is 65.3 Å². The van der Waals surface area contributed by atoms with Gasteiger partial charge in [-0.05, 0) is 38.3 Å². The van der Waals surface area contributed by atoms with Gasteiger partial charge >= 0.3 is 0 Å². The zero-order valence-corrected chi connectivity index (χ0v) is 13.3. The molecule has 1 fully saturated rings. The van der Waals surface area contributed by atoms with Crippen molar-refractivity contribution in [2.24, 2.45) is 5.92 Å². The van der Waals surface area contributed by atoms with Crippen LogP contribution >= 0.6 is 0 Å². The topological polar surface area (TPSA) is 20.3 Å². The molecule has 1 aliphatic rings. The van der Waals surface area contributed by atoms with Crippen LogP contribution in [0.3, 0.4) is 0 Å². The Balaban J connectivity index is 2.39. The lowest BCUT2D eigenvalue weighted by Gasteiger charge is -2.36. The van der Waals surface area contributed by atoms with Crippen LogP contribution in [0.25, 0.3) is 0 Å². The SMILES string of the molecule is CCCCCS(=O)CC(C(C)C)N1CCCCC1. The van der Waals surface area contributed by atoms with Crippen molar-refractivity contribution < 1.29 is 4.21 Å². The molecule has 0 N–H and O–H groups in total. The molecule has 1 saturated heterocycles. The Bertz CT molecular complexity index is 237. The lowest BCUT2D eigenvalue weighted by Crippen LogP contribution is -2.45. The van der Waals surface area contributed by atoms with Gasteiger partial charge in [0, 0.05) is 28.3 Å². The minimum absolute atomic E-state index is 0.535. The van der Waals surface area contributed by atoms with Crippen LogP contribution in [0.5, 0.6) is 0 Å². The van der Waals surface area contributed by atoms with Gasteiger partial charge in [0.05, 0.1) is 0 Å². The molecule has 0 bridgehead atoms. The summed E-state index contributed by atoms with van der Waals surface area (Å²) in [5, 5.41) is 0. The molecule has 0 radical (unpaired) electrons. The Morgan fingerprint density at radius 2 is 1.78 bits per heavy atom. The smallest absolute Gasteiger partial charge is 0.0393 e. The molecule has 0 aromatic heterocycles. The zero-order valence-electron chi connectivity index (χ0n) is 12.5. The van der Waals surface area contributed by atoms with E-state index in [1.807, 2.05) is 0 Å². The number of hydrogen-bond acceptors (Lipinski definition) is 2. The highest BCUT2D eigenvalue weighted by atomic mass is 32.2. The first-order valence-corrected chi connectivity index (χ1v) is 9.23. The number of unbranched alkanes of at least 4 members (excludes halogenated alkanes) is 2. The maximum Gasteiger partial charge on any atom is 0.0393 e. The predicted octanol–water partition coefficient (Wildman–Crippen LogP) is 3.44. The van der Waals surface area contributed by atoms with Gasteiger partial charge in [-0.25, -0.2) is 0 Å². The molecule has 1 rings (SSSR count). The number of hydrogen-bond donors (Lipinski definition) is 0. The third-order valence-electron chi connectivity index (χ3n) is 3.96. The van der Waals surface area contributed by atoms with E-state index in [1.54, 1.807) is 0 Å². The van der Waals surface area contributed by atoms with Crippen LogP contribution in [0.4, 0.5) is 0 Å². The highest BCUT2D eigenvalue weighted by molar-refractivity contribution is 7.85. The molecule has 0 spiro atoms. The van der Waals surface area contributed by atoms with Gasteiger partial charge in [-0.2, -0.15) is 0 Å². The van der Waals surface area contributed by atoms with Crippen molar-refractivity contribution in [3.8, 4) is 0 Å². The normalized spacial score (nSPS) is 21.1. The van der Waals surface area contributed by atoms with E-state index in [2.05, 4.69) is 25.7 Å². The molecular formula is C15H31NOS. The van der Waals surface area contributed by atoms with E-state index in [9.17, 15) is 4.21 Å². The fourth-order valence-corrected chi connectivity index (χ4v) is 4.43. The quantitative estimate of drug-likeness (QED) is 0.631. The van der Waals surface area contributed by atoms with Gasteiger partial charge in [0.25, 0.3) is 0 Å². The van der Waals surface area contributed by atoms with E-state index < -0.39 is 10.8 Å². The summed E-state index contributed by atoms with van der Waals surface area (Å²) in [5.41, 5.74) is 0. The average Bonchev–Trinajstić information content (AvgIpc) is 2.37. The monoisotopic (exact) mass is 273 g/mol. The first kappa shape index (κ1) is 16.2. The van der Waals surface area contributed by atoms with E-state index in [4.69, 9.17) is 0 Å². The van der Waals surface area contributed by atoms with Gasteiger partial charge in [0.15, 0.2) is 0 Å². The van der Waals surface area contributed by atoms with Crippen LogP contribution in [-0.2, 0) is 10.8 Å². The number of nitrogens with zero attached hydrogens (tertiary/aromatic N) is 1. The maximum absolute atomic E-state index is 12.2. The van der Waals surface area contributed by atoms with Gasteiger partial charge in [-0.3, -0.25) is 9.11 Å². The molecule has 0 aromatic rings. The van der Waals surface area contributed by atoms with Crippen LogP contribution in [0.15, 0.2) is 0 Å². The minimum Gasteiger partial charge on any atom is -0.299 e. The highest BCUT2D eigenvalue weighted by Crippen LogP contribution is 2.18. The van der Waals surface area contributed by atoms with Gasteiger partial charge in [-0.1, -0.05) is 40.0 Å². The average molecular weight is 273 g/mol.